The van der Waals surface area contributed by atoms with Crippen molar-refractivity contribution in [1.29, 1.82) is 0 Å². The van der Waals surface area contributed by atoms with Crippen LogP contribution in [0.15, 0.2) is 30.5 Å². The lowest BCUT2D eigenvalue weighted by atomic mass is 9.95. The second-order valence-corrected chi connectivity index (χ2v) is 8.47. The molecule has 1 fully saturated rings. The summed E-state index contributed by atoms with van der Waals surface area (Å²) in [6.07, 6.45) is 2.67. The van der Waals surface area contributed by atoms with Crippen LogP contribution in [0.3, 0.4) is 0 Å². The second kappa shape index (κ2) is 6.74. The number of fused-ring (bicyclic) bond motifs is 2. The number of piperidine rings is 1. The lowest BCUT2D eigenvalue weighted by Crippen LogP contribution is -2.61. The Labute approximate surface area is 178 Å². The van der Waals surface area contributed by atoms with E-state index in [0.29, 0.717) is 53.3 Å². The van der Waals surface area contributed by atoms with Crippen molar-refractivity contribution in [2.75, 3.05) is 13.1 Å². The van der Waals surface area contributed by atoms with Gasteiger partial charge < -0.3 is 15.0 Å². The molecule has 2 amide bonds. The van der Waals surface area contributed by atoms with Crippen LogP contribution < -0.4 is 10.1 Å². The number of benzene rings is 2. The Morgan fingerprint density at radius 2 is 1.90 bits per heavy atom. The number of likely N-dealkylation sites (tertiary alicyclic amines) is 1. The fourth-order valence-electron chi connectivity index (χ4n) is 4.18. The van der Waals surface area contributed by atoms with E-state index >= 15 is 0 Å². The molecule has 1 saturated heterocycles. The highest BCUT2D eigenvalue weighted by molar-refractivity contribution is 6.35. The summed E-state index contributed by atoms with van der Waals surface area (Å²) in [5.74, 6) is 0.388. The van der Waals surface area contributed by atoms with Gasteiger partial charge in [0.1, 0.15) is 5.75 Å². The van der Waals surface area contributed by atoms with Crippen LogP contribution in [0, 0.1) is 13.8 Å². The van der Waals surface area contributed by atoms with Crippen LogP contribution in [0.1, 0.15) is 44.7 Å². The predicted molar refractivity (Wildman–Crippen MR) is 113 cm³/mol. The minimum absolute atomic E-state index is 0.0937. The molecule has 0 bridgehead atoms. The van der Waals surface area contributed by atoms with E-state index in [9.17, 15) is 9.59 Å². The molecule has 1 spiro atoms. The van der Waals surface area contributed by atoms with E-state index in [1.54, 1.807) is 23.2 Å². The number of rotatable bonds is 1. The first-order chi connectivity index (χ1) is 14.3. The summed E-state index contributed by atoms with van der Waals surface area (Å²) in [7, 11) is 0. The summed E-state index contributed by atoms with van der Waals surface area (Å²) in [6, 6.07) is 7.23. The molecule has 1 aromatic heterocycles. The van der Waals surface area contributed by atoms with Gasteiger partial charge in [0.05, 0.1) is 22.3 Å². The minimum atomic E-state index is -0.783. The Morgan fingerprint density at radius 3 is 2.67 bits per heavy atom. The summed E-state index contributed by atoms with van der Waals surface area (Å²) in [6.45, 7) is 4.92. The molecule has 2 aliphatic heterocycles. The number of carbonyl (C=O) groups is 2. The Morgan fingerprint density at radius 1 is 1.17 bits per heavy atom. The van der Waals surface area contributed by atoms with Crippen LogP contribution in [-0.2, 0) is 0 Å². The molecule has 0 unspecified atom stereocenters. The number of halogens is 1. The fraction of sp³-hybridized carbons (Fsp3) is 0.318. The average molecular weight is 425 g/mol. The highest BCUT2D eigenvalue weighted by Crippen LogP contribution is 2.35. The van der Waals surface area contributed by atoms with Gasteiger partial charge in [0, 0.05) is 36.9 Å². The molecule has 2 N–H and O–H groups in total. The van der Waals surface area contributed by atoms with Crippen LogP contribution in [0.2, 0.25) is 5.02 Å². The average Bonchev–Trinajstić information content (AvgIpc) is 3.19. The Balaban J connectivity index is 1.35. The third kappa shape index (κ3) is 3.01. The molecule has 2 aromatic carbocycles. The third-order valence-corrected chi connectivity index (χ3v) is 6.39. The van der Waals surface area contributed by atoms with Gasteiger partial charge in [-0.2, -0.15) is 5.10 Å². The number of hydrogen-bond donors (Lipinski definition) is 2. The van der Waals surface area contributed by atoms with E-state index in [2.05, 4.69) is 15.5 Å². The molecule has 2 aliphatic rings. The largest absolute Gasteiger partial charge is 0.467 e. The molecule has 0 atom stereocenters. The molecule has 0 radical (unpaired) electrons. The van der Waals surface area contributed by atoms with E-state index in [4.69, 9.17) is 16.3 Å². The predicted octanol–water partition coefficient (Wildman–Crippen LogP) is 3.59. The third-order valence-electron chi connectivity index (χ3n) is 6.09. The number of ether oxygens (including phenoxy) is 1. The standard InChI is InChI=1S/C22H21ClN4O3/c1-12-7-16-18(8-13(12)2)30-22(25-20(16)28)3-5-27(6-4-22)21(29)14-9-15-11-24-26-19(15)17(23)10-14/h7-11H,3-6H2,1-2H3,(H,24,26)(H,25,28). The van der Waals surface area contributed by atoms with Gasteiger partial charge in [0.15, 0.2) is 5.72 Å². The number of hydrogen-bond acceptors (Lipinski definition) is 4. The molecular formula is C22H21ClN4O3. The first-order valence-corrected chi connectivity index (χ1v) is 10.3. The summed E-state index contributed by atoms with van der Waals surface area (Å²) >= 11 is 6.28. The number of aryl methyl sites for hydroxylation is 2. The van der Waals surface area contributed by atoms with Gasteiger partial charge in [0.25, 0.3) is 11.8 Å². The topological polar surface area (TPSA) is 87.3 Å². The lowest BCUT2D eigenvalue weighted by molar-refractivity contribution is -0.0246. The van der Waals surface area contributed by atoms with Gasteiger partial charge in [-0.05, 0) is 49.2 Å². The normalized spacial score (nSPS) is 17.6. The van der Waals surface area contributed by atoms with Crippen molar-refractivity contribution >= 4 is 34.3 Å². The zero-order valence-electron chi connectivity index (χ0n) is 16.7. The molecule has 3 heterocycles. The van der Waals surface area contributed by atoms with Crippen molar-refractivity contribution in [3.8, 4) is 5.75 Å². The van der Waals surface area contributed by atoms with E-state index in [-0.39, 0.29) is 11.8 Å². The molecule has 8 heteroatoms. The zero-order chi connectivity index (χ0) is 21.0. The number of aromatic amines is 1. The summed E-state index contributed by atoms with van der Waals surface area (Å²) in [4.78, 5) is 27.5. The van der Waals surface area contributed by atoms with E-state index < -0.39 is 5.72 Å². The van der Waals surface area contributed by atoms with Crippen LogP contribution in [0.4, 0.5) is 0 Å². The number of nitrogens with one attached hydrogen (secondary N) is 2. The maximum absolute atomic E-state index is 13.0. The SMILES string of the molecule is Cc1cc2c(cc1C)C(=O)NC1(CCN(C(=O)c3cc(Cl)c4[nH]ncc4c3)CC1)O2. The van der Waals surface area contributed by atoms with Crippen LogP contribution in [0.5, 0.6) is 5.75 Å². The minimum Gasteiger partial charge on any atom is -0.467 e. The molecule has 7 nitrogen and oxygen atoms in total. The lowest BCUT2D eigenvalue weighted by Gasteiger charge is -2.44. The van der Waals surface area contributed by atoms with Crippen molar-refractivity contribution in [3.05, 3.63) is 57.7 Å². The van der Waals surface area contributed by atoms with Gasteiger partial charge in [0.2, 0.25) is 0 Å². The quantitative estimate of drug-likeness (QED) is 0.625. The summed E-state index contributed by atoms with van der Waals surface area (Å²) in [5.41, 5.74) is 3.15. The molecule has 154 valence electrons. The van der Waals surface area contributed by atoms with Crippen molar-refractivity contribution in [2.45, 2.75) is 32.4 Å². The molecule has 30 heavy (non-hydrogen) atoms. The van der Waals surface area contributed by atoms with Crippen molar-refractivity contribution in [1.82, 2.24) is 20.4 Å². The first kappa shape index (κ1) is 18.9. The maximum atomic E-state index is 13.0. The van der Waals surface area contributed by atoms with E-state index in [1.807, 2.05) is 26.0 Å². The van der Waals surface area contributed by atoms with Crippen molar-refractivity contribution < 1.29 is 14.3 Å². The van der Waals surface area contributed by atoms with E-state index in [0.717, 1.165) is 16.5 Å². The van der Waals surface area contributed by atoms with Crippen molar-refractivity contribution in [2.24, 2.45) is 0 Å². The zero-order valence-corrected chi connectivity index (χ0v) is 17.5. The first-order valence-electron chi connectivity index (χ1n) is 9.90. The molecule has 5 rings (SSSR count). The van der Waals surface area contributed by atoms with E-state index in [1.165, 1.54) is 0 Å². The fourth-order valence-corrected chi connectivity index (χ4v) is 4.45. The summed E-state index contributed by atoms with van der Waals surface area (Å²) in [5, 5.41) is 11.1. The number of amides is 2. The smallest absolute Gasteiger partial charge is 0.258 e. The van der Waals surface area contributed by atoms with Gasteiger partial charge in [-0.15, -0.1) is 0 Å². The Kier molecular flexibility index (Phi) is 4.25. The monoisotopic (exact) mass is 424 g/mol. The Hall–Kier alpha value is -3.06. The van der Waals surface area contributed by atoms with Crippen LogP contribution >= 0.6 is 11.6 Å². The van der Waals surface area contributed by atoms with Crippen LogP contribution in [0.25, 0.3) is 10.9 Å². The Bertz CT molecular complexity index is 1190. The highest BCUT2D eigenvalue weighted by atomic mass is 35.5. The summed E-state index contributed by atoms with van der Waals surface area (Å²) < 4.78 is 6.26. The van der Waals surface area contributed by atoms with Gasteiger partial charge in [-0.25, -0.2) is 0 Å². The maximum Gasteiger partial charge on any atom is 0.258 e. The molecule has 0 aliphatic carbocycles. The molecular weight excluding hydrogens is 404 g/mol. The molecule has 0 saturated carbocycles. The highest BCUT2D eigenvalue weighted by Gasteiger charge is 2.43. The van der Waals surface area contributed by atoms with Gasteiger partial charge in [-0.1, -0.05) is 11.6 Å². The van der Waals surface area contributed by atoms with Crippen LogP contribution in [-0.4, -0.2) is 45.7 Å². The number of nitrogens with zero attached hydrogens (tertiary/aromatic N) is 2. The van der Waals surface area contributed by atoms with Gasteiger partial charge in [-0.3, -0.25) is 14.7 Å². The molecule has 3 aromatic rings. The number of H-pyrrole nitrogens is 1. The second-order valence-electron chi connectivity index (χ2n) is 8.07. The van der Waals surface area contributed by atoms with Crippen molar-refractivity contribution in [3.63, 3.8) is 0 Å². The van der Waals surface area contributed by atoms with Gasteiger partial charge >= 0.3 is 0 Å². The number of aromatic nitrogens is 2. The number of carbonyl (C=O) groups excluding carboxylic acids is 2.